The molecule has 1 atom stereocenters. The Hall–Kier alpha value is -3.20. The van der Waals surface area contributed by atoms with E-state index in [1.165, 1.54) is 17.7 Å². The summed E-state index contributed by atoms with van der Waals surface area (Å²) in [6.07, 6.45) is 5.42. The quantitative estimate of drug-likeness (QED) is 0.446. The molecule has 0 aromatic heterocycles. The molecule has 2 aliphatic rings. The zero-order valence-corrected chi connectivity index (χ0v) is 18.6. The van der Waals surface area contributed by atoms with Gasteiger partial charge in [0.25, 0.3) is 0 Å². The molecular formula is C25H31FN6O. The van der Waals surface area contributed by atoms with Crippen LogP contribution in [0.25, 0.3) is 5.70 Å². The molecule has 0 bridgehead atoms. The maximum Gasteiger partial charge on any atom is 0.327 e. The number of carbonyl (C=O) groups excluding carboxylic acids is 1. The van der Waals surface area contributed by atoms with Crippen molar-refractivity contribution >= 4 is 17.4 Å². The highest BCUT2D eigenvalue weighted by molar-refractivity contribution is 5.96. The minimum absolute atomic E-state index is 0.203. The van der Waals surface area contributed by atoms with Crippen molar-refractivity contribution < 1.29 is 9.18 Å². The highest BCUT2D eigenvalue weighted by Gasteiger charge is 2.31. The van der Waals surface area contributed by atoms with Crippen LogP contribution in [-0.2, 0) is 6.54 Å². The molecule has 2 aromatic carbocycles. The number of fused-ring (bicyclic) bond motifs is 1. The van der Waals surface area contributed by atoms with Crippen LogP contribution in [0.2, 0.25) is 0 Å². The van der Waals surface area contributed by atoms with Gasteiger partial charge in [0, 0.05) is 24.0 Å². The molecule has 7 nitrogen and oxygen atoms in total. The largest absolute Gasteiger partial charge is 0.361 e. The van der Waals surface area contributed by atoms with E-state index in [2.05, 4.69) is 27.7 Å². The van der Waals surface area contributed by atoms with Crippen LogP contribution in [0, 0.1) is 5.82 Å². The Morgan fingerprint density at radius 1 is 0.939 bits per heavy atom. The summed E-state index contributed by atoms with van der Waals surface area (Å²) in [7, 11) is 0. The van der Waals surface area contributed by atoms with E-state index >= 15 is 0 Å². The fourth-order valence-corrected chi connectivity index (χ4v) is 4.07. The molecule has 0 spiro atoms. The van der Waals surface area contributed by atoms with Crippen LogP contribution in [0.5, 0.6) is 0 Å². The number of benzene rings is 2. The summed E-state index contributed by atoms with van der Waals surface area (Å²) in [5, 5.41) is 6.26. The highest BCUT2D eigenvalue weighted by Crippen LogP contribution is 2.28. The highest BCUT2D eigenvalue weighted by atomic mass is 19.1. The number of nitrogens with one attached hydrogen (secondary N) is 2. The van der Waals surface area contributed by atoms with Gasteiger partial charge >= 0.3 is 6.03 Å². The van der Waals surface area contributed by atoms with Crippen LogP contribution in [0.4, 0.5) is 14.9 Å². The van der Waals surface area contributed by atoms with E-state index in [0.717, 1.165) is 55.0 Å². The van der Waals surface area contributed by atoms with Gasteiger partial charge in [0.1, 0.15) is 12.0 Å². The molecule has 2 heterocycles. The van der Waals surface area contributed by atoms with Gasteiger partial charge in [0.2, 0.25) is 0 Å². The van der Waals surface area contributed by atoms with Crippen molar-refractivity contribution in [2.45, 2.75) is 25.6 Å². The van der Waals surface area contributed by atoms with Crippen LogP contribution in [-0.4, -0.2) is 43.3 Å². The number of nitrogens with two attached hydrogens (primary N) is 2. The van der Waals surface area contributed by atoms with Crippen LogP contribution in [0.15, 0.2) is 66.4 Å². The van der Waals surface area contributed by atoms with Crippen LogP contribution in [0.1, 0.15) is 24.0 Å². The molecule has 1 unspecified atom stereocenters. The third-order valence-electron chi connectivity index (χ3n) is 5.84. The summed E-state index contributed by atoms with van der Waals surface area (Å²) in [4.78, 5) is 16.7. The van der Waals surface area contributed by atoms with Gasteiger partial charge in [0.15, 0.2) is 0 Å². The molecule has 2 amide bonds. The Balaban J connectivity index is 1.47. The average Bonchev–Trinajstić information content (AvgIpc) is 3.24. The van der Waals surface area contributed by atoms with E-state index in [4.69, 9.17) is 11.5 Å². The number of nitrogens with zero attached hydrogens (tertiary/aromatic N) is 2. The zero-order valence-electron chi connectivity index (χ0n) is 18.6. The maximum absolute atomic E-state index is 13.2. The number of hydrogen-bond donors (Lipinski definition) is 4. The summed E-state index contributed by atoms with van der Waals surface area (Å²) in [5.74, 6) is -0.279. The lowest BCUT2D eigenvalue weighted by molar-refractivity contribution is 0.244. The Morgan fingerprint density at radius 2 is 1.61 bits per heavy atom. The van der Waals surface area contributed by atoms with E-state index < -0.39 is 0 Å². The van der Waals surface area contributed by atoms with Crippen molar-refractivity contribution in [3.63, 3.8) is 0 Å². The van der Waals surface area contributed by atoms with E-state index in [9.17, 15) is 9.18 Å². The van der Waals surface area contributed by atoms with Crippen molar-refractivity contribution in [2.75, 3.05) is 31.1 Å². The second-order valence-corrected chi connectivity index (χ2v) is 8.32. The molecule has 0 aliphatic carbocycles. The molecule has 174 valence electrons. The van der Waals surface area contributed by atoms with Crippen molar-refractivity contribution in [1.29, 1.82) is 0 Å². The third kappa shape index (κ3) is 5.60. The van der Waals surface area contributed by atoms with Gasteiger partial charge in [-0.2, -0.15) is 0 Å². The smallest absolute Gasteiger partial charge is 0.327 e. The van der Waals surface area contributed by atoms with Gasteiger partial charge in [-0.15, -0.1) is 0 Å². The molecule has 33 heavy (non-hydrogen) atoms. The van der Waals surface area contributed by atoms with E-state index in [-0.39, 0.29) is 18.0 Å². The zero-order chi connectivity index (χ0) is 23.2. The van der Waals surface area contributed by atoms with Crippen molar-refractivity contribution in [3.8, 4) is 0 Å². The number of carbonyl (C=O) groups is 1. The predicted molar refractivity (Wildman–Crippen MR) is 129 cm³/mol. The molecule has 0 fully saturated rings. The van der Waals surface area contributed by atoms with Gasteiger partial charge in [-0.05, 0) is 80.5 Å². The normalized spacial score (nSPS) is 17.4. The first-order valence-corrected chi connectivity index (χ1v) is 11.3. The fourth-order valence-electron chi connectivity index (χ4n) is 4.07. The van der Waals surface area contributed by atoms with Crippen molar-refractivity contribution in [1.82, 2.24) is 15.5 Å². The molecule has 4 rings (SSSR count). The summed E-state index contributed by atoms with van der Waals surface area (Å²) in [5.41, 5.74) is 16.0. The fraction of sp³-hybridized carbons (Fsp3) is 0.320. The van der Waals surface area contributed by atoms with Crippen molar-refractivity contribution in [2.24, 2.45) is 11.5 Å². The lowest BCUT2D eigenvalue weighted by Gasteiger charge is -2.29. The topological polar surface area (TPSA) is 99.7 Å². The van der Waals surface area contributed by atoms with Gasteiger partial charge in [-0.3, -0.25) is 9.80 Å². The number of urea groups is 1. The Labute approximate surface area is 193 Å². The first kappa shape index (κ1) is 23.0. The first-order chi connectivity index (χ1) is 16.1. The Morgan fingerprint density at radius 3 is 2.24 bits per heavy atom. The Bertz CT molecular complexity index is 1010. The van der Waals surface area contributed by atoms with Crippen LogP contribution >= 0.6 is 0 Å². The molecule has 6 N–H and O–H groups in total. The molecular weight excluding hydrogens is 419 g/mol. The van der Waals surface area contributed by atoms with Crippen molar-refractivity contribution in [3.05, 3.63) is 83.3 Å². The number of anilines is 1. The lowest BCUT2D eigenvalue weighted by Crippen LogP contribution is -2.51. The molecule has 0 saturated carbocycles. The SMILES string of the molecule is NCCCN(CCCN)Cc1ccc(N2C=C3C=C(c4ccc(F)cc4)NC3NC2=O)cc1. The van der Waals surface area contributed by atoms with Gasteiger partial charge < -0.3 is 22.1 Å². The summed E-state index contributed by atoms with van der Waals surface area (Å²) < 4.78 is 13.2. The number of halogens is 1. The maximum atomic E-state index is 13.2. The van der Waals surface area contributed by atoms with Gasteiger partial charge in [-0.25, -0.2) is 9.18 Å². The second kappa shape index (κ2) is 10.6. The molecule has 8 heteroatoms. The van der Waals surface area contributed by atoms with Crippen LogP contribution < -0.4 is 27.0 Å². The Kier molecular flexibility index (Phi) is 7.39. The minimum Gasteiger partial charge on any atom is -0.361 e. The average molecular weight is 451 g/mol. The summed E-state index contributed by atoms with van der Waals surface area (Å²) >= 11 is 0. The molecule has 0 saturated heterocycles. The number of amides is 2. The molecule has 2 aromatic rings. The van der Waals surface area contributed by atoms with E-state index in [1.54, 1.807) is 17.0 Å². The summed E-state index contributed by atoms with van der Waals surface area (Å²) in [6, 6.07) is 14.1. The molecule has 2 aliphatic heterocycles. The number of rotatable bonds is 10. The third-order valence-corrected chi connectivity index (χ3v) is 5.84. The van der Waals surface area contributed by atoms with E-state index in [1.807, 2.05) is 24.4 Å². The monoisotopic (exact) mass is 450 g/mol. The minimum atomic E-state index is -0.299. The first-order valence-electron chi connectivity index (χ1n) is 11.3. The van der Waals surface area contributed by atoms with Gasteiger partial charge in [-0.1, -0.05) is 24.3 Å². The molecule has 0 radical (unpaired) electrons. The lowest BCUT2D eigenvalue weighted by atomic mass is 10.1. The van der Waals surface area contributed by atoms with Gasteiger partial charge in [0.05, 0.1) is 5.69 Å². The second-order valence-electron chi connectivity index (χ2n) is 8.32. The summed E-state index contributed by atoms with van der Waals surface area (Å²) in [6.45, 7) is 4.04. The van der Waals surface area contributed by atoms with Crippen LogP contribution in [0.3, 0.4) is 0 Å². The predicted octanol–water partition coefficient (Wildman–Crippen LogP) is 2.71. The number of hydrogen-bond acceptors (Lipinski definition) is 5. The standard InChI is InChI=1S/C25H31FN6O/c26-21-7-5-19(6-8-21)23-15-20-17-32(25(33)30-24(20)29-23)22-9-3-18(4-10-22)16-31(13-1-11-27)14-2-12-28/h3-10,15,17,24,29H,1-2,11-14,16,27-28H2,(H,30,33). The van der Waals surface area contributed by atoms with E-state index in [0.29, 0.717) is 13.1 Å².